The molecule has 4 aliphatic rings. The number of likely N-dealkylation sites (tertiary alicyclic amines) is 2. The topological polar surface area (TPSA) is 331 Å². The van der Waals surface area contributed by atoms with Gasteiger partial charge in [0.05, 0.1) is 101 Å². The molecule has 27 nitrogen and oxygen atoms in total. The van der Waals surface area contributed by atoms with Crippen molar-refractivity contribution in [1.82, 2.24) is 36.1 Å². The number of nitriles is 2. The second-order valence-corrected chi connectivity index (χ2v) is 41.1. The number of thiophene rings is 1. The number of carbonyl (C=O) groups is 8. The van der Waals surface area contributed by atoms with Crippen molar-refractivity contribution >= 4 is 127 Å². The molecule has 8 aromatic carbocycles. The van der Waals surface area contributed by atoms with Crippen molar-refractivity contribution in [3.05, 3.63) is 243 Å². The maximum absolute atomic E-state index is 15.5. The van der Waals surface area contributed by atoms with Crippen LogP contribution in [0.3, 0.4) is 0 Å². The van der Waals surface area contributed by atoms with E-state index in [-0.39, 0.29) is 135 Å². The summed E-state index contributed by atoms with van der Waals surface area (Å²) < 4.78 is 126. The highest BCUT2D eigenvalue weighted by Crippen LogP contribution is 2.44. The standard InChI is InChI=1S/C56H61F3N6O7S2.C52H53F4N7O7S2/c1-35-25-29-74-48(35)39-12-10-36(11-13-39)33-61-50(68)46-31-43(66)34-63(46)51(69)49(54(2,3)4)62-47(67)24-28-71-26-8-7-9-27-72-44-22-17-38(18-23-44)37-14-19-41(20-15-37)65-53(73)64(52(70)55(65,5)6)42-21-16-40(32-60)45(30-42)56(57,58)59;1-31-22-43(48(66)58-26-33-6-8-35(9-7-33)46-32(2)59-30-72-46)62(27-31)49(67)47(51(3,4)5)60-44(64)29-69-19-18-68-20-21-70-39-15-11-34(12-16-39)40-17-14-37(24-42(40)53)61-28-45(65)63(50(61)71)38-13-10-36(25-57)41(23-38)52(54,55)56/h10-23,25,29-30,43,46,49,66H,7-9,24,26-28,31,33-34H2,1-6H3,(H,61,68)(H,62,67);6-17,23-24,30-31,43,47H,18-22,26-29H2,1-5H3,(H,58,66)(H,60,64)/t43-,46+,49-;31-,43+,47-/m11/s1. The van der Waals surface area contributed by atoms with Gasteiger partial charge >= 0.3 is 12.4 Å². The van der Waals surface area contributed by atoms with E-state index in [1.807, 2.05) is 146 Å². The summed E-state index contributed by atoms with van der Waals surface area (Å²) in [6, 6.07) is 49.4. The minimum absolute atomic E-state index is 0.0106. The molecular weight excluding hydrogens is 1960 g/mol. The zero-order chi connectivity index (χ0) is 105. The zero-order valence-electron chi connectivity index (χ0n) is 82.4. The van der Waals surface area contributed by atoms with Gasteiger partial charge in [-0.2, -0.15) is 36.9 Å². The van der Waals surface area contributed by atoms with Gasteiger partial charge in [-0.05, 0) is 242 Å². The van der Waals surface area contributed by atoms with Gasteiger partial charge < -0.3 is 69.7 Å². The highest BCUT2D eigenvalue weighted by molar-refractivity contribution is 7.81. The lowest BCUT2D eigenvalue weighted by atomic mass is 9.85. The number of β-amino-alcohol motifs (C(OH)–C–C–N with tert-alkyl or cyclic N) is 1. The minimum Gasteiger partial charge on any atom is -0.494 e. The summed E-state index contributed by atoms with van der Waals surface area (Å²) in [4.78, 5) is 122. The number of aliphatic hydroxyl groups excluding tert-OH is 1. The van der Waals surface area contributed by atoms with Crippen LogP contribution in [-0.4, -0.2) is 186 Å². The lowest BCUT2D eigenvalue weighted by Gasteiger charge is -2.35. The average molecular weight is 2080 g/mol. The number of nitrogens with zero attached hydrogens (tertiary/aromatic N) is 9. The number of hydrogen-bond donors (Lipinski definition) is 5. The minimum atomic E-state index is -4.84. The summed E-state index contributed by atoms with van der Waals surface area (Å²) >= 11 is 14.4. The monoisotopic (exact) mass is 2080 g/mol. The molecule has 0 unspecified atom stereocenters. The first-order chi connectivity index (χ1) is 69.3. The predicted octanol–water partition coefficient (Wildman–Crippen LogP) is 18.4. The molecule has 768 valence electrons. The number of rotatable bonds is 37. The molecule has 6 atom stereocenters. The molecule has 6 heterocycles. The van der Waals surface area contributed by atoms with Crippen molar-refractivity contribution in [2.24, 2.45) is 16.7 Å². The third kappa shape index (κ3) is 27.1. The molecule has 38 heteroatoms. The molecule has 0 bridgehead atoms. The smallest absolute Gasteiger partial charge is 0.417 e. The van der Waals surface area contributed by atoms with Crippen LogP contribution in [0.25, 0.3) is 43.1 Å². The Hall–Kier alpha value is -13.4. The first kappa shape index (κ1) is 110. The number of carbonyl (C=O) groups excluding carboxylic acids is 8. The van der Waals surface area contributed by atoms with Crippen molar-refractivity contribution in [3.8, 4) is 66.8 Å². The number of alkyl halides is 6. The Kier molecular flexibility index (Phi) is 36.0. The number of ether oxygens (including phenoxy) is 5. The number of thiocarbonyl (C=S) groups is 2. The Bertz CT molecular complexity index is 6500. The number of nitrogens with one attached hydrogen (secondary N) is 4. The normalized spacial score (nSPS) is 16.8. The van der Waals surface area contributed by atoms with E-state index in [1.54, 1.807) is 94.9 Å². The van der Waals surface area contributed by atoms with Crippen LogP contribution in [0.2, 0.25) is 0 Å². The number of halogens is 7. The molecule has 4 aliphatic heterocycles. The molecule has 0 spiro atoms. The number of hydrogen-bond acceptors (Lipinski definition) is 21. The SMILES string of the molecule is Cc1ccsc1-c1ccc(CNC(=O)[C@@H]2C[C@@H](O)CN2C(=O)[C@@H](NC(=O)CCOCCCCCOc2ccc(-c3ccc(N4C(=S)N(c5ccc(C#N)c(C(F)(F)F)c5)C(=O)C4(C)C)cc3)cc2)C(C)(C)C)cc1.Cc1ncsc1-c1ccc(CNC(=O)[C@@H]2C[C@@H](C)CN2C(=O)[C@@H](NC(=O)COCCOCCOc2ccc(-c3ccc(N4CC(=O)N(c5ccc(C#N)c(C(F)(F)F)c5)C4=S)cc3F)cc2)C(C)(C)C)cc1. The molecule has 8 amide bonds. The largest absolute Gasteiger partial charge is 0.494 e. The second kappa shape index (κ2) is 47.8. The van der Waals surface area contributed by atoms with Gasteiger partial charge in [0.1, 0.15) is 66.8 Å². The summed E-state index contributed by atoms with van der Waals surface area (Å²) in [5.74, 6) is -2.69. The molecule has 14 rings (SSSR count). The average Bonchev–Trinajstić information content (AvgIpc) is 1.58. The molecule has 146 heavy (non-hydrogen) atoms. The summed E-state index contributed by atoms with van der Waals surface area (Å²) in [6.45, 7) is 22.4. The van der Waals surface area contributed by atoms with Gasteiger partial charge in [-0.25, -0.2) is 9.37 Å². The Morgan fingerprint density at radius 2 is 1.03 bits per heavy atom. The number of aliphatic hydroxyl groups is 1. The third-order valence-electron chi connectivity index (χ3n) is 25.3. The number of unbranched alkanes of at least 4 members (excludes halogenated alkanes) is 2. The highest BCUT2D eigenvalue weighted by atomic mass is 32.1. The Morgan fingerprint density at radius 3 is 1.56 bits per heavy atom. The van der Waals surface area contributed by atoms with Crippen LogP contribution in [0.5, 0.6) is 11.5 Å². The first-order valence-electron chi connectivity index (χ1n) is 47.5. The summed E-state index contributed by atoms with van der Waals surface area (Å²) in [5, 5.41) is 42.5. The Morgan fingerprint density at radius 1 is 0.541 bits per heavy atom. The molecule has 0 aliphatic carbocycles. The van der Waals surface area contributed by atoms with E-state index in [4.69, 9.17) is 53.4 Å². The van der Waals surface area contributed by atoms with E-state index >= 15 is 4.39 Å². The van der Waals surface area contributed by atoms with Gasteiger partial charge in [0.2, 0.25) is 35.4 Å². The van der Waals surface area contributed by atoms with Gasteiger partial charge in [-0.15, -0.1) is 22.7 Å². The van der Waals surface area contributed by atoms with E-state index in [9.17, 15) is 75.1 Å². The van der Waals surface area contributed by atoms with Gasteiger partial charge in [0.25, 0.3) is 11.8 Å². The van der Waals surface area contributed by atoms with Crippen molar-refractivity contribution < 1.29 is 97.9 Å². The first-order valence-corrected chi connectivity index (χ1v) is 50.1. The van der Waals surface area contributed by atoms with Crippen LogP contribution in [0.1, 0.15) is 145 Å². The van der Waals surface area contributed by atoms with Crippen LogP contribution >= 0.6 is 47.1 Å². The van der Waals surface area contributed by atoms with Crippen LogP contribution in [0.15, 0.2) is 193 Å². The number of benzene rings is 8. The predicted molar refractivity (Wildman–Crippen MR) is 551 cm³/mol. The van der Waals surface area contributed by atoms with Gasteiger partial charge in [-0.3, -0.25) is 48.2 Å². The van der Waals surface area contributed by atoms with Crippen molar-refractivity contribution in [1.29, 1.82) is 10.5 Å². The van der Waals surface area contributed by atoms with E-state index < -0.39 is 111 Å². The lowest BCUT2D eigenvalue weighted by molar-refractivity contribution is -0.144. The van der Waals surface area contributed by atoms with Crippen LogP contribution in [0.4, 0.5) is 53.5 Å². The van der Waals surface area contributed by atoms with Crippen LogP contribution in [-0.2, 0) is 78.0 Å². The number of aromatic nitrogens is 1. The van der Waals surface area contributed by atoms with E-state index in [1.165, 1.54) is 50.6 Å². The second-order valence-electron chi connectivity index (χ2n) is 38.6. The van der Waals surface area contributed by atoms with Crippen molar-refractivity contribution in [2.45, 2.75) is 176 Å². The fraction of sp³-hybridized carbons (Fsp3) is 0.380. The van der Waals surface area contributed by atoms with Gasteiger partial charge in [0, 0.05) is 67.4 Å². The zero-order valence-corrected chi connectivity index (χ0v) is 85.7. The van der Waals surface area contributed by atoms with E-state index in [0.717, 1.165) is 91.2 Å². The van der Waals surface area contributed by atoms with Crippen molar-refractivity contribution in [2.75, 3.05) is 92.1 Å². The van der Waals surface area contributed by atoms with Gasteiger partial charge in [0.15, 0.2) is 10.2 Å². The fourth-order valence-corrected chi connectivity index (χ4v) is 20.1. The molecule has 4 fully saturated rings. The van der Waals surface area contributed by atoms with E-state index in [2.05, 4.69) is 44.6 Å². The summed E-state index contributed by atoms with van der Waals surface area (Å²) in [5.41, 5.74) is 5.02. The summed E-state index contributed by atoms with van der Waals surface area (Å²) in [6.07, 6.45) is -7.50. The quantitative estimate of drug-likeness (QED) is 0.0137. The summed E-state index contributed by atoms with van der Waals surface area (Å²) in [7, 11) is 0. The molecule has 4 saturated heterocycles. The lowest BCUT2D eigenvalue weighted by Crippen LogP contribution is -2.58. The number of anilines is 4. The van der Waals surface area contributed by atoms with Crippen LogP contribution < -0.4 is 50.3 Å². The number of amides is 8. The molecule has 0 radical (unpaired) electrons. The number of thiazole rings is 1. The molecule has 10 aromatic rings. The molecule has 2 aromatic heterocycles. The van der Waals surface area contributed by atoms with Crippen LogP contribution in [0, 0.1) is 59.1 Å². The van der Waals surface area contributed by atoms with Crippen molar-refractivity contribution in [3.63, 3.8) is 0 Å². The highest BCUT2D eigenvalue weighted by Gasteiger charge is 2.52. The molecule has 0 saturated carbocycles. The maximum Gasteiger partial charge on any atom is 0.417 e. The number of aryl methyl sites for hydroxylation is 2. The molecular formula is C108H114F7N13O14S4. The Balaban J connectivity index is 0.000000244. The molecule has 5 N–H and O–H groups in total. The van der Waals surface area contributed by atoms with E-state index in [0.29, 0.717) is 61.5 Å². The fourth-order valence-electron chi connectivity index (χ4n) is 17.5. The Labute approximate surface area is 861 Å². The maximum atomic E-state index is 15.5. The third-order valence-corrected chi connectivity index (χ3v) is 28.1. The van der Waals surface area contributed by atoms with Gasteiger partial charge in [-0.1, -0.05) is 133 Å².